The van der Waals surface area contributed by atoms with Crippen molar-refractivity contribution in [1.82, 2.24) is 5.32 Å². The molecule has 2 N–H and O–H groups in total. The van der Waals surface area contributed by atoms with Crippen LogP contribution in [0.1, 0.15) is 6.42 Å². The van der Waals surface area contributed by atoms with Gasteiger partial charge in [0.25, 0.3) is 0 Å². The van der Waals surface area contributed by atoms with Crippen LogP contribution in [0.25, 0.3) is 0 Å². The molecule has 1 aromatic rings. The molecule has 2 amide bonds. The van der Waals surface area contributed by atoms with Crippen LogP contribution in [-0.4, -0.2) is 25.3 Å². The van der Waals surface area contributed by atoms with Crippen molar-refractivity contribution in [2.75, 3.05) is 18.5 Å². The number of urea groups is 1. The summed E-state index contributed by atoms with van der Waals surface area (Å²) in [5, 5.41) is 5.55. The highest BCUT2D eigenvalue weighted by atomic mass is 19.1. The lowest BCUT2D eigenvalue weighted by molar-refractivity contribution is 0.176. The lowest BCUT2D eigenvalue weighted by Crippen LogP contribution is -2.44. The van der Waals surface area contributed by atoms with Gasteiger partial charge in [-0.1, -0.05) is 6.08 Å². The van der Waals surface area contributed by atoms with E-state index >= 15 is 0 Å². The predicted octanol–water partition coefficient (Wildman–Crippen LogP) is 3.39. The van der Waals surface area contributed by atoms with Gasteiger partial charge >= 0.3 is 6.03 Å². The van der Waals surface area contributed by atoms with Gasteiger partial charge < -0.3 is 15.4 Å². The molecule has 1 aliphatic heterocycles. The molecule has 1 fully saturated rings. The lowest BCUT2D eigenvalue weighted by atomic mass is 9.84. The lowest BCUT2D eigenvalue weighted by Gasteiger charge is -2.26. The summed E-state index contributed by atoms with van der Waals surface area (Å²) in [7, 11) is 0. The van der Waals surface area contributed by atoms with Gasteiger partial charge in [0.15, 0.2) is 0 Å². The zero-order valence-corrected chi connectivity index (χ0v) is 12.5. The van der Waals surface area contributed by atoms with Crippen LogP contribution < -0.4 is 10.6 Å². The van der Waals surface area contributed by atoms with Gasteiger partial charge in [0.05, 0.1) is 19.3 Å². The van der Waals surface area contributed by atoms with Gasteiger partial charge in [-0.2, -0.15) is 0 Å². The molecule has 1 aromatic carbocycles. The third kappa shape index (κ3) is 3.96. The van der Waals surface area contributed by atoms with Crippen LogP contribution in [-0.2, 0) is 4.74 Å². The summed E-state index contributed by atoms with van der Waals surface area (Å²) in [5.74, 6) is -0.328. The Balaban J connectivity index is 1.57. The predicted molar refractivity (Wildman–Crippen MR) is 83.1 cm³/mol. The van der Waals surface area contributed by atoms with Crippen molar-refractivity contribution in [3.63, 3.8) is 0 Å². The maximum absolute atomic E-state index is 13.1. The van der Waals surface area contributed by atoms with Gasteiger partial charge in [0.1, 0.15) is 11.6 Å². The van der Waals surface area contributed by atoms with Crippen LogP contribution in [0.4, 0.5) is 19.3 Å². The van der Waals surface area contributed by atoms with Crippen LogP contribution in [0.15, 0.2) is 48.3 Å². The van der Waals surface area contributed by atoms with E-state index in [2.05, 4.69) is 10.6 Å². The first kappa shape index (κ1) is 15.7. The van der Waals surface area contributed by atoms with Gasteiger partial charge in [0.2, 0.25) is 0 Å². The van der Waals surface area contributed by atoms with Gasteiger partial charge in [-0.05, 0) is 48.8 Å². The van der Waals surface area contributed by atoms with Crippen LogP contribution in [0.5, 0.6) is 0 Å². The van der Waals surface area contributed by atoms with Crippen molar-refractivity contribution in [3.05, 3.63) is 54.1 Å². The second-order valence-corrected chi connectivity index (χ2v) is 5.76. The van der Waals surface area contributed by atoms with Crippen molar-refractivity contribution >= 4 is 11.7 Å². The number of rotatable bonds is 3. The Morgan fingerprint density at radius 1 is 1.17 bits per heavy atom. The topological polar surface area (TPSA) is 50.4 Å². The molecule has 3 atom stereocenters. The highest BCUT2D eigenvalue weighted by Gasteiger charge is 2.34. The number of benzene rings is 1. The second-order valence-electron chi connectivity index (χ2n) is 5.76. The first-order valence-electron chi connectivity index (χ1n) is 7.56. The van der Waals surface area contributed by atoms with Gasteiger partial charge in [0, 0.05) is 11.6 Å². The van der Waals surface area contributed by atoms with Gasteiger partial charge in [-0.25, -0.2) is 13.6 Å². The van der Waals surface area contributed by atoms with E-state index in [9.17, 15) is 13.6 Å². The molecule has 0 bridgehead atoms. The van der Waals surface area contributed by atoms with E-state index < -0.39 is 0 Å². The van der Waals surface area contributed by atoms with Crippen LogP contribution >= 0.6 is 0 Å². The van der Waals surface area contributed by atoms with E-state index in [0.717, 1.165) is 0 Å². The summed E-state index contributed by atoms with van der Waals surface area (Å²) in [5.41, 5.74) is 0.516. The highest BCUT2D eigenvalue weighted by Crippen LogP contribution is 2.30. The fourth-order valence-corrected chi connectivity index (χ4v) is 2.94. The normalized spacial score (nSPS) is 26.7. The quantitative estimate of drug-likeness (QED) is 0.897. The van der Waals surface area contributed by atoms with E-state index in [-0.39, 0.29) is 35.6 Å². The van der Waals surface area contributed by atoms with E-state index in [1.54, 1.807) is 6.08 Å². The summed E-state index contributed by atoms with van der Waals surface area (Å²) in [6.07, 6.45) is 5.45. The molecule has 2 aliphatic rings. The smallest absolute Gasteiger partial charge is 0.319 e. The summed E-state index contributed by atoms with van der Waals surface area (Å²) in [4.78, 5) is 12.1. The number of carbonyl (C=O) groups excluding carboxylic acids is 1. The monoisotopic (exact) mass is 320 g/mol. The molecule has 2 unspecified atom stereocenters. The van der Waals surface area contributed by atoms with Crippen molar-refractivity contribution < 1.29 is 18.3 Å². The number of halogens is 2. The van der Waals surface area contributed by atoms with Crippen LogP contribution in [0.3, 0.4) is 0 Å². The minimum Gasteiger partial charge on any atom is -0.379 e. The molecule has 3 rings (SSSR count). The Kier molecular flexibility index (Phi) is 4.71. The molecular weight excluding hydrogens is 302 g/mol. The van der Waals surface area contributed by atoms with Crippen molar-refractivity contribution in [1.29, 1.82) is 0 Å². The average molecular weight is 320 g/mol. The highest BCUT2D eigenvalue weighted by molar-refractivity contribution is 5.89. The Bertz CT molecular complexity index is 628. The average Bonchev–Trinajstić information content (AvgIpc) is 2.98. The van der Waals surface area contributed by atoms with Crippen molar-refractivity contribution in [2.24, 2.45) is 11.8 Å². The number of hydrogen-bond acceptors (Lipinski definition) is 2. The fraction of sp³-hybridized carbons (Fsp3) is 0.353. The number of nitrogens with one attached hydrogen (secondary N) is 2. The molecule has 1 saturated heterocycles. The van der Waals surface area contributed by atoms with Gasteiger partial charge in [-0.3, -0.25) is 0 Å². The summed E-state index contributed by atoms with van der Waals surface area (Å²) in [6, 6.07) is 5.05. The minimum atomic E-state index is -0.362. The van der Waals surface area contributed by atoms with Gasteiger partial charge in [-0.15, -0.1) is 0 Å². The number of amides is 2. The van der Waals surface area contributed by atoms with Crippen LogP contribution in [0, 0.1) is 17.7 Å². The van der Waals surface area contributed by atoms with E-state index in [1.807, 2.05) is 6.08 Å². The zero-order chi connectivity index (χ0) is 16.2. The second kappa shape index (κ2) is 6.91. The molecule has 1 heterocycles. The molecule has 0 saturated carbocycles. The van der Waals surface area contributed by atoms with E-state index in [1.165, 1.54) is 30.3 Å². The third-order valence-electron chi connectivity index (χ3n) is 4.18. The molecule has 6 heteroatoms. The number of carbonyl (C=O) groups is 1. The molecule has 23 heavy (non-hydrogen) atoms. The zero-order valence-electron chi connectivity index (χ0n) is 12.5. The first-order valence-corrected chi connectivity index (χ1v) is 7.56. The van der Waals surface area contributed by atoms with Crippen LogP contribution in [0.2, 0.25) is 0 Å². The molecular formula is C17H18F2N2O2. The standard InChI is InChI=1S/C17H18F2N2O2/c18-12-3-1-11(2-4-12)15-9-23-10-16(15)21-17(22)20-14-7-5-13(19)6-8-14/h1,3-8,11,15-16H,2,9-10H2,(H2,20,21,22)/t11?,15-,16?/m0/s1. The SMILES string of the molecule is O=C(Nc1ccc(F)cc1)NC1COC[C@H]1C1C=CC(F)=CC1. The first-order chi connectivity index (χ1) is 11.1. The Labute approximate surface area is 133 Å². The summed E-state index contributed by atoms with van der Waals surface area (Å²) in [6.45, 7) is 0.962. The molecule has 1 aliphatic carbocycles. The van der Waals surface area contributed by atoms with Crippen molar-refractivity contribution in [3.8, 4) is 0 Å². The maximum Gasteiger partial charge on any atom is 0.319 e. The third-order valence-corrected chi connectivity index (χ3v) is 4.18. The molecule has 4 nitrogen and oxygen atoms in total. The number of ether oxygens (including phenoxy) is 1. The minimum absolute atomic E-state index is 0.106. The molecule has 0 radical (unpaired) electrons. The number of allylic oxidation sites excluding steroid dienone is 4. The Hall–Kier alpha value is -2.21. The molecule has 0 spiro atoms. The fourth-order valence-electron chi connectivity index (χ4n) is 2.94. The molecule has 122 valence electrons. The maximum atomic E-state index is 13.1. The number of hydrogen-bond donors (Lipinski definition) is 2. The largest absolute Gasteiger partial charge is 0.379 e. The summed E-state index contributed by atoms with van der Waals surface area (Å²) < 4.78 is 31.4. The Morgan fingerprint density at radius 3 is 2.65 bits per heavy atom. The van der Waals surface area contributed by atoms with Crippen molar-refractivity contribution in [2.45, 2.75) is 12.5 Å². The van der Waals surface area contributed by atoms with E-state index in [0.29, 0.717) is 25.3 Å². The number of anilines is 1. The summed E-state index contributed by atoms with van der Waals surface area (Å²) >= 11 is 0. The molecule has 0 aromatic heterocycles. The Morgan fingerprint density at radius 2 is 1.96 bits per heavy atom. The van der Waals surface area contributed by atoms with E-state index in [4.69, 9.17) is 4.74 Å².